The number of hydrogen-bond donors (Lipinski definition) is 1. The molecule has 2 N–H and O–H groups in total. The van der Waals surface area contributed by atoms with Gasteiger partial charge in [0.15, 0.2) is 0 Å². The fourth-order valence-electron chi connectivity index (χ4n) is 2.07. The number of amides is 1. The maximum Gasteiger partial charge on any atom is 0.256 e. The Balaban J connectivity index is 2.22. The number of aliphatic imine (C=N–C) groups is 1. The van der Waals surface area contributed by atoms with Gasteiger partial charge >= 0.3 is 0 Å². The van der Waals surface area contributed by atoms with E-state index in [0.29, 0.717) is 17.8 Å². The maximum absolute atomic E-state index is 12.6. The monoisotopic (exact) mass is 315 g/mol. The zero-order valence-corrected chi connectivity index (χ0v) is 13.1. The van der Waals surface area contributed by atoms with Crippen LogP contribution in [0.2, 0.25) is 0 Å². The van der Waals surface area contributed by atoms with Crippen LogP contribution < -0.4 is 5.73 Å². The summed E-state index contributed by atoms with van der Waals surface area (Å²) in [6.45, 7) is 0.530. The summed E-state index contributed by atoms with van der Waals surface area (Å²) >= 11 is 5.65. The van der Waals surface area contributed by atoms with Crippen molar-refractivity contribution in [2.75, 3.05) is 12.9 Å². The molecule has 0 aliphatic rings. The van der Waals surface area contributed by atoms with Crippen LogP contribution in [0.1, 0.15) is 15.9 Å². The normalized spacial score (nSPS) is 11.3. The van der Waals surface area contributed by atoms with E-state index < -0.39 is 0 Å². The lowest BCUT2D eigenvalue weighted by atomic mass is 10.1. The van der Waals surface area contributed by atoms with Crippen molar-refractivity contribution in [1.29, 1.82) is 0 Å². The number of carbonyl (C=O) groups is 1. The highest BCUT2D eigenvalue weighted by molar-refractivity contribution is 6.28. The third-order valence-corrected chi connectivity index (χ3v) is 3.42. The molecule has 0 bridgehead atoms. The summed E-state index contributed by atoms with van der Waals surface area (Å²) < 4.78 is 0. The van der Waals surface area contributed by atoms with Crippen LogP contribution in [0.15, 0.2) is 59.6 Å². The van der Waals surface area contributed by atoms with Crippen LogP contribution in [0.4, 0.5) is 5.69 Å². The fraction of sp³-hybridized carbons (Fsp3) is 0.176. The van der Waals surface area contributed by atoms with Crippen LogP contribution in [-0.2, 0) is 6.54 Å². The Morgan fingerprint density at radius 1 is 1.14 bits per heavy atom. The van der Waals surface area contributed by atoms with E-state index in [1.165, 1.54) is 0 Å². The van der Waals surface area contributed by atoms with Crippen LogP contribution in [0.25, 0.3) is 0 Å². The highest BCUT2D eigenvalue weighted by Gasteiger charge is 2.15. The molecule has 2 aromatic carbocycles. The Hall–Kier alpha value is -2.33. The number of amidine groups is 1. The second-order valence-electron chi connectivity index (χ2n) is 4.90. The van der Waals surface area contributed by atoms with Crippen LogP contribution in [0, 0.1) is 0 Å². The number of para-hydroxylation sites is 1. The van der Waals surface area contributed by atoms with Gasteiger partial charge in [-0.25, -0.2) is 4.99 Å². The number of carbonyl (C=O) groups excluding carboxylic acids is 1. The largest absolute Gasteiger partial charge is 0.386 e. The summed E-state index contributed by atoms with van der Waals surface area (Å²) in [5, 5.41) is 0. The van der Waals surface area contributed by atoms with E-state index in [2.05, 4.69) is 4.99 Å². The van der Waals surface area contributed by atoms with Gasteiger partial charge in [0.2, 0.25) is 0 Å². The third kappa shape index (κ3) is 4.09. The molecule has 1 amide bonds. The van der Waals surface area contributed by atoms with E-state index in [1.807, 2.05) is 36.4 Å². The fourth-order valence-corrected chi connectivity index (χ4v) is 2.13. The van der Waals surface area contributed by atoms with E-state index in [9.17, 15) is 4.79 Å². The van der Waals surface area contributed by atoms with Gasteiger partial charge in [-0.05, 0) is 17.7 Å². The third-order valence-electron chi connectivity index (χ3n) is 3.14. The molecule has 0 saturated heterocycles. The van der Waals surface area contributed by atoms with Crippen LogP contribution in [-0.4, -0.2) is 29.6 Å². The average molecular weight is 316 g/mol. The SMILES string of the molecule is CN(Cc1ccccc1)C(=O)c1ccccc1N=C(N)CCl. The molecular formula is C17H18ClN3O. The highest BCUT2D eigenvalue weighted by atomic mass is 35.5. The molecule has 114 valence electrons. The van der Waals surface area contributed by atoms with Crippen molar-refractivity contribution in [2.45, 2.75) is 6.54 Å². The summed E-state index contributed by atoms with van der Waals surface area (Å²) in [6.07, 6.45) is 0. The predicted octanol–water partition coefficient (Wildman–Crippen LogP) is 3.19. The van der Waals surface area contributed by atoms with Gasteiger partial charge in [-0.15, -0.1) is 11.6 Å². The van der Waals surface area contributed by atoms with Crippen molar-refractivity contribution >= 4 is 29.0 Å². The summed E-state index contributed by atoms with van der Waals surface area (Å²) in [6, 6.07) is 16.9. The number of rotatable bonds is 5. The van der Waals surface area contributed by atoms with Gasteiger partial charge in [-0.1, -0.05) is 42.5 Å². The van der Waals surface area contributed by atoms with Crippen LogP contribution >= 0.6 is 11.6 Å². The molecule has 0 atom stereocenters. The van der Waals surface area contributed by atoms with E-state index in [-0.39, 0.29) is 17.6 Å². The first-order valence-electron chi connectivity index (χ1n) is 6.89. The molecule has 0 fully saturated rings. The molecule has 0 unspecified atom stereocenters. The Bertz CT molecular complexity index is 671. The van der Waals surface area contributed by atoms with Crippen molar-refractivity contribution in [3.63, 3.8) is 0 Å². The highest BCUT2D eigenvalue weighted by Crippen LogP contribution is 2.21. The second-order valence-corrected chi connectivity index (χ2v) is 5.17. The number of halogens is 1. The Kier molecular flexibility index (Phi) is 5.55. The lowest BCUT2D eigenvalue weighted by Crippen LogP contribution is -2.26. The average Bonchev–Trinajstić information content (AvgIpc) is 2.55. The van der Waals surface area contributed by atoms with Gasteiger partial charge in [0.1, 0.15) is 5.84 Å². The molecular weight excluding hydrogens is 298 g/mol. The van der Waals surface area contributed by atoms with Gasteiger partial charge in [-0.2, -0.15) is 0 Å². The van der Waals surface area contributed by atoms with Crippen molar-refractivity contribution in [2.24, 2.45) is 10.7 Å². The molecule has 22 heavy (non-hydrogen) atoms. The first kappa shape index (κ1) is 16.0. The Morgan fingerprint density at radius 3 is 2.45 bits per heavy atom. The Labute approximate surface area is 135 Å². The molecule has 0 heterocycles. The van der Waals surface area contributed by atoms with Crippen molar-refractivity contribution in [3.05, 3.63) is 65.7 Å². The summed E-state index contributed by atoms with van der Waals surface area (Å²) in [7, 11) is 1.76. The summed E-state index contributed by atoms with van der Waals surface area (Å²) in [5.41, 5.74) is 7.78. The molecule has 2 aromatic rings. The minimum Gasteiger partial charge on any atom is -0.386 e. The molecule has 0 radical (unpaired) electrons. The predicted molar refractivity (Wildman–Crippen MR) is 90.7 cm³/mol. The molecule has 0 aliphatic carbocycles. The first-order chi connectivity index (χ1) is 10.6. The van der Waals surface area contributed by atoms with E-state index in [4.69, 9.17) is 17.3 Å². The first-order valence-corrected chi connectivity index (χ1v) is 7.42. The van der Waals surface area contributed by atoms with Gasteiger partial charge in [0.05, 0.1) is 17.1 Å². The van der Waals surface area contributed by atoms with Crippen molar-refractivity contribution in [1.82, 2.24) is 4.90 Å². The number of alkyl halides is 1. The van der Waals surface area contributed by atoms with E-state index in [1.54, 1.807) is 30.1 Å². The number of nitrogens with two attached hydrogens (primary N) is 1. The Morgan fingerprint density at radius 2 is 1.77 bits per heavy atom. The van der Waals surface area contributed by atoms with Crippen molar-refractivity contribution < 1.29 is 4.79 Å². The standard InChI is InChI=1S/C17H18ClN3O/c1-21(12-13-7-3-2-4-8-13)17(22)14-9-5-6-10-15(14)20-16(19)11-18/h2-10H,11-12H2,1H3,(H2,19,20). The zero-order valence-electron chi connectivity index (χ0n) is 12.4. The van der Waals surface area contributed by atoms with Crippen LogP contribution in [0.5, 0.6) is 0 Å². The zero-order chi connectivity index (χ0) is 15.9. The van der Waals surface area contributed by atoms with Gasteiger partial charge in [0, 0.05) is 13.6 Å². The molecule has 4 nitrogen and oxygen atoms in total. The summed E-state index contributed by atoms with van der Waals surface area (Å²) in [5.74, 6) is 0.306. The number of hydrogen-bond acceptors (Lipinski definition) is 2. The molecule has 0 spiro atoms. The maximum atomic E-state index is 12.6. The quantitative estimate of drug-likeness (QED) is 0.523. The molecule has 5 heteroatoms. The molecule has 0 aliphatic heterocycles. The van der Waals surface area contributed by atoms with Gasteiger partial charge in [0.25, 0.3) is 5.91 Å². The molecule has 0 aromatic heterocycles. The topological polar surface area (TPSA) is 58.7 Å². The van der Waals surface area contributed by atoms with E-state index >= 15 is 0 Å². The second kappa shape index (κ2) is 7.61. The lowest BCUT2D eigenvalue weighted by molar-refractivity contribution is 0.0786. The molecule has 0 saturated carbocycles. The smallest absolute Gasteiger partial charge is 0.256 e. The van der Waals surface area contributed by atoms with Gasteiger partial charge < -0.3 is 10.6 Å². The number of benzene rings is 2. The van der Waals surface area contributed by atoms with Crippen molar-refractivity contribution in [3.8, 4) is 0 Å². The lowest BCUT2D eigenvalue weighted by Gasteiger charge is -2.18. The number of nitrogens with zero attached hydrogens (tertiary/aromatic N) is 2. The van der Waals surface area contributed by atoms with E-state index in [0.717, 1.165) is 5.56 Å². The minimum absolute atomic E-state index is 0.106. The summed E-state index contributed by atoms with van der Waals surface area (Å²) in [4.78, 5) is 18.5. The van der Waals surface area contributed by atoms with Gasteiger partial charge in [-0.3, -0.25) is 4.79 Å². The van der Waals surface area contributed by atoms with Crippen LogP contribution in [0.3, 0.4) is 0 Å². The molecule has 2 rings (SSSR count). The minimum atomic E-state index is -0.106.